The van der Waals surface area contributed by atoms with Crippen LogP contribution < -0.4 is 5.32 Å². The van der Waals surface area contributed by atoms with Crippen molar-refractivity contribution < 1.29 is 18.8 Å². The SMILES string of the molecule is CC1(C)CC1N1C(=O)NC(=O)C(c2ccc(F)cc2)C1=O. The summed E-state index contributed by atoms with van der Waals surface area (Å²) in [7, 11) is 0. The van der Waals surface area contributed by atoms with Crippen molar-refractivity contribution in [2.24, 2.45) is 5.41 Å². The average molecular weight is 290 g/mol. The number of nitrogens with one attached hydrogen (secondary N) is 1. The summed E-state index contributed by atoms with van der Waals surface area (Å²) >= 11 is 0. The van der Waals surface area contributed by atoms with Crippen LogP contribution in [0, 0.1) is 11.2 Å². The van der Waals surface area contributed by atoms with Gasteiger partial charge in [-0.05, 0) is 29.5 Å². The molecular formula is C15H15FN2O3. The molecule has 2 fully saturated rings. The molecule has 1 aliphatic heterocycles. The predicted octanol–water partition coefficient (Wildman–Crippen LogP) is 1.79. The van der Waals surface area contributed by atoms with E-state index in [1.165, 1.54) is 24.3 Å². The molecule has 1 N–H and O–H groups in total. The van der Waals surface area contributed by atoms with E-state index in [1.807, 2.05) is 13.8 Å². The number of hydrogen-bond acceptors (Lipinski definition) is 3. The molecule has 1 aromatic carbocycles. The summed E-state index contributed by atoms with van der Waals surface area (Å²) in [5.41, 5.74) is 0.260. The first-order valence-corrected chi connectivity index (χ1v) is 6.74. The Balaban J connectivity index is 1.93. The maximum atomic E-state index is 13.0. The maximum absolute atomic E-state index is 13.0. The summed E-state index contributed by atoms with van der Waals surface area (Å²) in [4.78, 5) is 37.6. The number of urea groups is 1. The quantitative estimate of drug-likeness (QED) is 0.844. The molecule has 2 aliphatic rings. The Morgan fingerprint density at radius 2 is 1.76 bits per heavy atom. The summed E-state index contributed by atoms with van der Waals surface area (Å²) in [5.74, 6) is -2.74. The Morgan fingerprint density at radius 3 is 2.29 bits per heavy atom. The number of amides is 4. The first kappa shape index (κ1) is 13.7. The van der Waals surface area contributed by atoms with Crippen molar-refractivity contribution >= 4 is 17.8 Å². The summed E-state index contributed by atoms with van der Waals surface area (Å²) in [5, 5.41) is 2.22. The highest BCUT2D eigenvalue weighted by atomic mass is 19.1. The van der Waals surface area contributed by atoms with Gasteiger partial charge in [-0.15, -0.1) is 0 Å². The Kier molecular flexibility index (Phi) is 2.86. The zero-order valence-electron chi connectivity index (χ0n) is 11.7. The second-order valence-corrected chi connectivity index (χ2v) is 6.20. The third-order valence-electron chi connectivity index (χ3n) is 4.17. The molecule has 21 heavy (non-hydrogen) atoms. The van der Waals surface area contributed by atoms with E-state index in [0.29, 0.717) is 5.56 Å². The molecular weight excluding hydrogens is 275 g/mol. The fourth-order valence-electron chi connectivity index (χ4n) is 2.71. The van der Waals surface area contributed by atoms with Crippen molar-refractivity contribution in [2.75, 3.05) is 0 Å². The molecule has 1 saturated heterocycles. The van der Waals surface area contributed by atoms with Crippen LogP contribution in [0.2, 0.25) is 0 Å². The highest BCUT2D eigenvalue weighted by Crippen LogP contribution is 2.49. The molecule has 1 aliphatic carbocycles. The Labute approximate surface area is 121 Å². The first-order chi connectivity index (χ1) is 9.81. The molecule has 3 rings (SSSR count). The van der Waals surface area contributed by atoms with Gasteiger partial charge < -0.3 is 0 Å². The highest BCUT2D eigenvalue weighted by Gasteiger charge is 2.56. The Bertz CT molecular complexity index is 639. The molecule has 1 aromatic rings. The van der Waals surface area contributed by atoms with E-state index < -0.39 is 29.6 Å². The first-order valence-electron chi connectivity index (χ1n) is 6.74. The van der Waals surface area contributed by atoms with Crippen molar-refractivity contribution in [3.05, 3.63) is 35.6 Å². The fraction of sp³-hybridized carbons (Fsp3) is 0.400. The van der Waals surface area contributed by atoms with Crippen molar-refractivity contribution in [3.8, 4) is 0 Å². The van der Waals surface area contributed by atoms with E-state index in [1.54, 1.807) is 0 Å². The van der Waals surface area contributed by atoms with Crippen molar-refractivity contribution in [1.82, 2.24) is 10.2 Å². The number of benzene rings is 1. The highest BCUT2D eigenvalue weighted by molar-refractivity contribution is 6.19. The van der Waals surface area contributed by atoms with Gasteiger partial charge in [0.1, 0.15) is 11.7 Å². The van der Waals surface area contributed by atoms with Gasteiger partial charge in [-0.2, -0.15) is 0 Å². The van der Waals surface area contributed by atoms with Gasteiger partial charge in [0, 0.05) is 6.04 Å². The van der Waals surface area contributed by atoms with Crippen LogP contribution in [0.1, 0.15) is 31.7 Å². The molecule has 4 amide bonds. The van der Waals surface area contributed by atoms with E-state index in [9.17, 15) is 18.8 Å². The van der Waals surface area contributed by atoms with Gasteiger partial charge in [-0.1, -0.05) is 26.0 Å². The van der Waals surface area contributed by atoms with Gasteiger partial charge in [0.15, 0.2) is 0 Å². The molecule has 6 heteroatoms. The van der Waals surface area contributed by atoms with E-state index in [2.05, 4.69) is 5.32 Å². The molecule has 2 atom stereocenters. The predicted molar refractivity (Wildman–Crippen MR) is 71.7 cm³/mol. The van der Waals surface area contributed by atoms with Crippen molar-refractivity contribution in [3.63, 3.8) is 0 Å². The van der Waals surface area contributed by atoms with Gasteiger partial charge in [0.05, 0.1) is 0 Å². The molecule has 0 radical (unpaired) electrons. The average Bonchev–Trinajstić information content (AvgIpc) is 2.99. The van der Waals surface area contributed by atoms with Crippen LogP contribution in [0.4, 0.5) is 9.18 Å². The van der Waals surface area contributed by atoms with E-state index >= 15 is 0 Å². The normalized spacial score (nSPS) is 27.6. The third kappa shape index (κ3) is 2.20. The summed E-state index contributed by atoms with van der Waals surface area (Å²) in [6, 6.07) is 4.31. The zero-order valence-corrected chi connectivity index (χ0v) is 11.7. The minimum Gasteiger partial charge on any atom is -0.277 e. The molecule has 5 nitrogen and oxygen atoms in total. The smallest absolute Gasteiger partial charge is 0.277 e. The van der Waals surface area contributed by atoms with Gasteiger partial charge >= 0.3 is 6.03 Å². The summed E-state index contributed by atoms with van der Waals surface area (Å²) in [6.45, 7) is 3.92. The van der Waals surface area contributed by atoms with E-state index in [0.717, 1.165) is 11.3 Å². The Hall–Kier alpha value is -2.24. The summed E-state index contributed by atoms with van der Waals surface area (Å²) in [6.07, 6.45) is 0.719. The lowest BCUT2D eigenvalue weighted by molar-refractivity contribution is -0.139. The number of rotatable bonds is 2. The van der Waals surface area contributed by atoms with E-state index in [-0.39, 0.29) is 11.5 Å². The molecule has 1 heterocycles. The van der Waals surface area contributed by atoms with Crippen LogP contribution in [0.25, 0.3) is 0 Å². The largest absolute Gasteiger partial charge is 0.331 e. The number of imide groups is 2. The molecule has 0 bridgehead atoms. The fourth-order valence-corrected chi connectivity index (χ4v) is 2.71. The van der Waals surface area contributed by atoms with Crippen molar-refractivity contribution in [1.29, 1.82) is 0 Å². The number of barbiturate groups is 1. The zero-order chi connectivity index (χ0) is 15.4. The van der Waals surface area contributed by atoms with Crippen LogP contribution in [0.5, 0.6) is 0 Å². The lowest BCUT2D eigenvalue weighted by Crippen LogP contribution is -2.58. The van der Waals surface area contributed by atoms with Gasteiger partial charge in [0.25, 0.3) is 0 Å². The molecule has 0 aromatic heterocycles. The van der Waals surface area contributed by atoms with Crippen LogP contribution in [0.3, 0.4) is 0 Å². The minimum absolute atomic E-state index is 0.124. The van der Waals surface area contributed by atoms with Crippen LogP contribution in [-0.4, -0.2) is 28.8 Å². The van der Waals surface area contributed by atoms with Gasteiger partial charge in [0.2, 0.25) is 11.8 Å². The minimum atomic E-state index is -1.10. The maximum Gasteiger partial charge on any atom is 0.331 e. The lowest BCUT2D eigenvalue weighted by atomic mass is 9.94. The van der Waals surface area contributed by atoms with Crippen LogP contribution in [0.15, 0.2) is 24.3 Å². The topological polar surface area (TPSA) is 66.5 Å². The number of halogens is 1. The lowest BCUT2D eigenvalue weighted by Gasteiger charge is -2.31. The standard InChI is InChI=1S/C15H15FN2O3/c1-15(2)7-10(15)18-13(20)11(12(19)17-14(18)21)8-3-5-9(16)6-4-8/h3-6,10-11H,7H2,1-2H3,(H,17,19,21). The third-order valence-corrected chi connectivity index (χ3v) is 4.17. The van der Waals surface area contributed by atoms with Gasteiger partial charge in [-0.25, -0.2) is 9.18 Å². The second-order valence-electron chi connectivity index (χ2n) is 6.20. The summed E-state index contributed by atoms with van der Waals surface area (Å²) < 4.78 is 13.0. The molecule has 110 valence electrons. The van der Waals surface area contributed by atoms with Crippen LogP contribution in [-0.2, 0) is 9.59 Å². The number of nitrogens with zero attached hydrogens (tertiary/aromatic N) is 1. The molecule has 0 spiro atoms. The Morgan fingerprint density at radius 1 is 1.19 bits per heavy atom. The number of carbonyl (C=O) groups is 3. The molecule has 2 unspecified atom stereocenters. The van der Waals surface area contributed by atoms with E-state index in [4.69, 9.17) is 0 Å². The monoisotopic (exact) mass is 290 g/mol. The van der Waals surface area contributed by atoms with Crippen LogP contribution >= 0.6 is 0 Å². The number of carbonyl (C=O) groups excluding carboxylic acids is 3. The number of hydrogen-bond donors (Lipinski definition) is 1. The van der Waals surface area contributed by atoms with Crippen molar-refractivity contribution in [2.45, 2.75) is 32.2 Å². The second kappa shape index (κ2) is 4.38. The van der Waals surface area contributed by atoms with Gasteiger partial charge in [-0.3, -0.25) is 19.8 Å². The molecule has 1 saturated carbocycles.